The van der Waals surface area contributed by atoms with E-state index in [9.17, 15) is 4.79 Å². The lowest BCUT2D eigenvalue weighted by Gasteiger charge is -2.14. The number of carboxylic acids is 1. The third-order valence-electron chi connectivity index (χ3n) is 1.87. The molecule has 1 aromatic rings. The molecule has 8 heteroatoms. The van der Waals surface area contributed by atoms with E-state index in [2.05, 4.69) is 16.3 Å². The molecule has 15 heavy (non-hydrogen) atoms. The molecule has 0 aromatic heterocycles. The van der Waals surface area contributed by atoms with E-state index >= 15 is 0 Å². The number of nitrogens with two attached hydrogens (primary N) is 3. The van der Waals surface area contributed by atoms with Gasteiger partial charge in [0, 0.05) is 0 Å². The summed E-state index contributed by atoms with van der Waals surface area (Å²) in [5.41, 5.74) is 7.48. The van der Waals surface area contributed by atoms with Crippen molar-refractivity contribution < 1.29 is 9.90 Å². The molecule has 0 unspecified atom stereocenters. The normalized spacial score (nSPS) is 9.53. The Labute approximate surface area is 85.3 Å². The summed E-state index contributed by atoms with van der Waals surface area (Å²) >= 11 is 0. The number of rotatable bonds is 4. The van der Waals surface area contributed by atoms with Crippen molar-refractivity contribution in [3.05, 3.63) is 17.7 Å². The second kappa shape index (κ2) is 4.46. The molecule has 0 aliphatic rings. The summed E-state index contributed by atoms with van der Waals surface area (Å²) in [6, 6.07) is 3.01. The quantitative estimate of drug-likeness (QED) is 0.254. The molecule has 0 bridgehead atoms. The highest BCUT2D eigenvalue weighted by Gasteiger charge is 2.17. The van der Waals surface area contributed by atoms with Crippen LogP contribution in [-0.4, -0.2) is 11.1 Å². The minimum Gasteiger partial charge on any atom is -0.478 e. The second-order valence-electron chi connectivity index (χ2n) is 2.65. The van der Waals surface area contributed by atoms with Gasteiger partial charge in [-0.3, -0.25) is 17.5 Å². The SMILES string of the molecule is NNc1ccc(NN)c(C(=O)O)c1NN. The number of hydrogen-bond acceptors (Lipinski definition) is 7. The van der Waals surface area contributed by atoms with Gasteiger partial charge in [0.1, 0.15) is 5.56 Å². The van der Waals surface area contributed by atoms with Crippen molar-refractivity contribution in [1.82, 2.24) is 0 Å². The highest BCUT2D eigenvalue weighted by atomic mass is 16.4. The fourth-order valence-electron chi connectivity index (χ4n) is 1.22. The third kappa shape index (κ3) is 1.91. The number of benzene rings is 1. The number of hydrazine groups is 3. The van der Waals surface area contributed by atoms with Crippen molar-refractivity contribution in [2.45, 2.75) is 0 Å². The number of carbonyl (C=O) groups is 1. The summed E-state index contributed by atoms with van der Waals surface area (Å²) in [5, 5.41) is 8.97. The molecule has 10 N–H and O–H groups in total. The average molecular weight is 212 g/mol. The van der Waals surface area contributed by atoms with Gasteiger partial charge in [-0.15, -0.1) is 0 Å². The zero-order valence-electron chi connectivity index (χ0n) is 7.74. The molecule has 0 radical (unpaired) electrons. The maximum absolute atomic E-state index is 11.0. The molecule has 1 rings (SSSR count). The van der Waals surface area contributed by atoms with Gasteiger partial charge in [-0.05, 0) is 12.1 Å². The lowest BCUT2D eigenvalue weighted by molar-refractivity contribution is 0.0699. The largest absolute Gasteiger partial charge is 0.478 e. The van der Waals surface area contributed by atoms with Crippen LogP contribution in [-0.2, 0) is 0 Å². The number of nitrogens with one attached hydrogen (secondary N) is 3. The van der Waals surface area contributed by atoms with Gasteiger partial charge in [-0.25, -0.2) is 4.79 Å². The van der Waals surface area contributed by atoms with Crippen LogP contribution in [0.25, 0.3) is 0 Å². The first-order valence-corrected chi connectivity index (χ1v) is 3.95. The molecule has 1 aromatic carbocycles. The first-order chi connectivity index (χ1) is 7.15. The summed E-state index contributed by atoms with van der Waals surface area (Å²) in [7, 11) is 0. The second-order valence-corrected chi connectivity index (χ2v) is 2.65. The standard InChI is InChI=1S/C7H12N6O2/c8-11-3-1-2-4(12-9)6(13-10)5(3)7(14)15/h1-2,11-13H,8-10H2,(H,14,15). The lowest BCUT2D eigenvalue weighted by Crippen LogP contribution is -2.20. The van der Waals surface area contributed by atoms with E-state index in [1.54, 1.807) is 0 Å². The first kappa shape index (κ1) is 11.0. The van der Waals surface area contributed by atoms with Crippen LogP contribution in [0, 0.1) is 0 Å². The number of hydrogen-bond donors (Lipinski definition) is 7. The van der Waals surface area contributed by atoms with Crippen LogP contribution in [0.15, 0.2) is 12.1 Å². The molecular weight excluding hydrogens is 200 g/mol. The smallest absolute Gasteiger partial charge is 0.340 e. The minimum absolute atomic E-state index is 0.0875. The number of nitrogen functional groups attached to an aromatic ring is 3. The predicted molar refractivity (Wildman–Crippen MR) is 56.8 cm³/mol. The summed E-state index contributed by atoms with van der Waals surface area (Å²) < 4.78 is 0. The molecule has 0 amide bonds. The van der Waals surface area contributed by atoms with Crippen LogP contribution in [0.5, 0.6) is 0 Å². The summed E-state index contributed by atoms with van der Waals surface area (Å²) in [6.45, 7) is 0. The highest BCUT2D eigenvalue weighted by molar-refractivity contribution is 6.03. The van der Waals surface area contributed by atoms with Crippen LogP contribution in [0.2, 0.25) is 0 Å². The maximum atomic E-state index is 11.0. The topological polar surface area (TPSA) is 151 Å². The zero-order valence-corrected chi connectivity index (χ0v) is 7.74. The summed E-state index contributed by atoms with van der Waals surface area (Å²) in [6.07, 6.45) is 0. The average Bonchev–Trinajstić information content (AvgIpc) is 2.26. The van der Waals surface area contributed by atoms with Crippen molar-refractivity contribution in [3.63, 3.8) is 0 Å². The van der Waals surface area contributed by atoms with Crippen molar-refractivity contribution in [1.29, 1.82) is 0 Å². The fourth-order valence-corrected chi connectivity index (χ4v) is 1.22. The highest BCUT2D eigenvalue weighted by Crippen LogP contribution is 2.30. The van der Waals surface area contributed by atoms with Gasteiger partial charge in [0.05, 0.1) is 17.1 Å². The Balaban J connectivity index is 3.44. The molecule has 0 saturated heterocycles. The van der Waals surface area contributed by atoms with E-state index in [4.69, 9.17) is 22.6 Å². The van der Waals surface area contributed by atoms with Crippen LogP contribution in [0.4, 0.5) is 17.1 Å². The molecule has 0 atom stereocenters. The Hall–Kier alpha value is -2.03. The Bertz CT molecular complexity index is 380. The van der Waals surface area contributed by atoms with E-state index in [0.717, 1.165) is 0 Å². The van der Waals surface area contributed by atoms with Crippen molar-refractivity contribution in [2.24, 2.45) is 17.5 Å². The summed E-state index contributed by atoms with van der Waals surface area (Å²) in [5.74, 6) is 14.4. The number of carboxylic acid groups (broad SMARTS) is 1. The monoisotopic (exact) mass is 212 g/mol. The Morgan fingerprint density at radius 1 is 1.07 bits per heavy atom. The molecular formula is C7H12N6O2. The molecule has 82 valence electrons. The maximum Gasteiger partial charge on any atom is 0.340 e. The van der Waals surface area contributed by atoms with Crippen LogP contribution in [0.3, 0.4) is 0 Å². The summed E-state index contributed by atoms with van der Waals surface area (Å²) in [4.78, 5) is 11.0. The van der Waals surface area contributed by atoms with E-state index < -0.39 is 5.97 Å². The lowest BCUT2D eigenvalue weighted by atomic mass is 10.1. The van der Waals surface area contributed by atoms with Crippen LogP contribution >= 0.6 is 0 Å². The fraction of sp³-hybridized carbons (Fsp3) is 0. The molecule has 0 aliphatic heterocycles. The van der Waals surface area contributed by atoms with Gasteiger partial charge in [-0.1, -0.05) is 0 Å². The van der Waals surface area contributed by atoms with E-state index in [1.807, 2.05) is 0 Å². The first-order valence-electron chi connectivity index (χ1n) is 3.95. The van der Waals surface area contributed by atoms with Crippen LogP contribution < -0.4 is 33.8 Å². The Morgan fingerprint density at radius 2 is 1.60 bits per heavy atom. The molecule has 0 spiro atoms. The molecule has 0 heterocycles. The van der Waals surface area contributed by atoms with E-state index in [-0.39, 0.29) is 16.9 Å². The van der Waals surface area contributed by atoms with Gasteiger partial charge in [0.25, 0.3) is 0 Å². The van der Waals surface area contributed by atoms with Crippen molar-refractivity contribution in [2.75, 3.05) is 16.3 Å². The van der Waals surface area contributed by atoms with Gasteiger partial charge in [0.15, 0.2) is 0 Å². The van der Waals surface area contributed by atoms with E-state index in [0.29, 0.717) is 5.69 Å². The van der Waals surface area contributed by atoms with Crippen molar-refractivity contribution in [3.8, 4) is 0 Å². The van der Waals surface area contributed by atoms with Gasteiger partial charge in [0.2, 0.25) is 0 Å². The Kier molecular flexibility index (Phi) is 3.29. The van der Waals surface area contributed by atoms with Crippen LogP contribution in [0.1, 0.15) is 10.4 Å². The van der Waals surface area contributed by atoms with E-state index in [1.165, 1.54) is 12.1 Å². The molecule has 0 saturated carbocycles. The Morgan fingerprint density at radius 3 is 2.00 bits per heavy atom. The van der Waals surface area contributed by atoms with Gasteiger partial charge < -0.3 is 21.4 Å². The number of aromatic carboxylic acids is 1. The molecule has 0 fully saturated rings. The minimum atomic E-state index is -1.17. The zero-order chi connectivity index (χ0) is 11.4. The van der Waals surface area contributed by atoms with Gasteiger partial charge >= 0.3 is 5.97 Å². The van der Waals surface area contributed by atoms with Gasteiger partial charge in [-0.2, -0.15) is 0 Å². The number of anilines is 3. The van der Waals surface area contributed by atoms with Crippen molar-refractivity contribution >= 4 is 23.0 Å². The molecule has 8 nitrogen and oxygen atoms in total. The predicted octanol–water partition coefficient (Wildman–Crippen LogP) is -0.758. The molecule has 0 aliphatic carbocycles. The third-order valence-corrected chi connectivity index (χ3v) is 1.87.